The zero-order valence-electron chi connectivity index (χ0n) is 9.29. The van der Waals surface area contributed by atoms with Crippen molar-refractivity contribution in [2.24, 2.45) is 0 Å². The Morgan fingerprint density at radius 2 is 2.19 bits per heavy atom. The summed E-state index contributed by atoms with van der Waals surface area (Å²) < 4.78 is 15.3. The fourth-order valence-electron chi connectivity index (χ4n) is 1.61. The molecule has 0 aliphatic carbocycles. The van der Waals surface area contributed by atoms with E-state index in [-0.39, 0.29) is 5.82 Å². The van der Waals surface area contributed by atoms with Crippen LogP contribution in [0.4, 0.5) is 10.1 Å². The Bertz CT molecular complexity index is 517. The molecule has 0 spiro atoms. The van der Waals surface area contributed by atoms with Crippen molar-refractivity contribution in [2.75, 3.05) is 5.73 Å². The van der Waals surface area contributed by atoms with Gasteiger partial charge in [-0.1, -0.05) is 6.07 Å². The van der Waals surface area contributed by atoms with Gasteiger partial charge in [0.15, 0.2) is 0 Å². The molecule has 1 aromatic heterocycles. The van der Waals surface area contributed by atoms with Gasteiger partial charge in [0.2, 0.25) is 0 Å². The predicted octanol–water partition coefficient (Wildman–Crippen LogP) is 2.07. The van der Waals surface area contributed by atoms with Gasteiger partial charge < -0.3 is 5.73 Å². The Labute approximate surface area is 93.7 Å². The van der Waals surface area contributed by atoms with Crippen LogP contribution in [0.25, 0.3) is 0 Å². The highest BCUT2D eigenvalue weighted by atomic mass is 19.1. The molecule has 0 aliphatic heterocycles. The number of aryl methyl sites for hydroxylation is 2. The van der Waals surface area contributed by atoms with Gasteiger partial charge in [0.25, 0.3) is 0 Å². The van der Waals surface area contributed by atoms with Gasteiger partial charge >= 0.3 is 0 Å². The van der Waals surface area contributed by atoms with Crippen molar-refractivity contribution in [1.82, 2.24) is 9.78 Å². The summed E-state index contributed by atoms with van der Waals surface area (Å²) >= 11 is 0. The summed E-state index contributed by atoms with van der Waals surface area (Å²) in [7, 11) is 0. The van der Waals surface area contributed by atoms with E-state index in [0.717, 1.165) is 11.4 Å². The average Bonchev–Trinajstić information content (AvgIpc) is 2.50. The van der Waals surface area contributed by atoms with Gasteiger partial charge in [0.05, 0.1) is 12.2 Å². The van der Waals surface area contributed by atoms with Gasteiger partial charge in [0.1, 0.15) is 5.82 Å². The van der Waals surface area contributed by atoms with Crippen molar-refractivity contribution < 1.29 is 4.39 Å². The molecule has 1 radical (unpaired) electrons. The average molecular weight is 218 g/mol. The molecule has 0 saturated carbocycles. The number of aromatic nitrogens is 2. The summed E-state index contributed by atoms with van der Waals surface area (Å²) in [5.74, 6) is -0.299. The highest BCUT2D eigenvalue weighted by molar-refractivity contribution is 5.40. The van der Waals surface area contributed by atoms with Gasteiger partial charge in [-0.15, -0.1) is 0 Å². The quantitative estimate of drug-likeness (QED) is 0.784. The van der Waals surface area contributed by atoms with Crippen LogP contribution in [0.5, 0.6) is 0 Å². The zero-order chi connectivity index (χ0) is 11.7. The third-order valence-corrected chi connectivity index (χ3v) is 2.42. The van der Waals surface area contributed by atoms with Crippen LogP contribution in [-0.4, -0.2) is 9.78 Å². The summed E-state index contributed by atoms with van der Waals surface area (Å²) in [6, 6.07) is 7.76. The first-order valence-electron chi connectivity index (χ1n) is 5.03. The van der Waals surface area contributed by atoms with Crippen molar-refractivity contribution in [3.63, 3.8) is 0 Å². The first-order chi connectivity index (χ1) is 7.56. The fraction of sp³-hybridized carbons (Fsp3) is 0.250. The molecule has 0 saturated heterocycles. The van der Waals surface area contributed by atoms with Gasteiger partial charge in [-0.2, -0.15) is 5.10 Å². The number of nitrogens with zero attached hydrogens (tertiary/aromatic N) is 2. The van der Waals surface area contributed by atoms with Gasteiger partial charge in [0, 0.05) is 23.0 Å². The largest absolute Gasteiger partial charge is 0.399 e. The summed E-state index contributed by atoms with van der Waals surface area (Å²) in [4.78, 5) is 0. The van der Waals surface area contributed by atoms with Crippen molar-refractivity contribution in [1.29, 1.82) is 0 Å². The van der Waals surface area contributed by atoms with Crippen LogP contribution < -0.4 is 5.73 Å². The number of rotatable bonds is 2. The first kappa shape index (κ1) is 10.7. The molecule has 0 bridgehead atoms. The Balaban J connectivity index is 2.30. The van der Waals surface area contributed by atoms with Gasteiger partial charge in [-0.25, -0.2) is 4.39 Å². The van der Waals surface area contributed by atoms with E-state index in [0.29, 0.717) is 17.8 Å². The van der Waals surface area contributed by atoms with Crippen molar-refractivity contribution in [3.8, 4) is 0 Å². The Morgan fingerprint density at radius 1 is 1.44 bits per heavy atom. The zero-order valence-corrected chi connectivity index (χ0v) is 9.29. The van der Waals surface area contributed by atoms with E-state index >= 15 is 0 Å². The molecule has 4 heteroatoms. The molecule has 83 valence electrons. The summed E-state index contributed by atoms with van der Waals surface area (Å²) in [6.07, 6.45) is 0. The molecular formula is C12H13FN3. The highest BCUT2D eigenvalue weighted by Gasteiger charge is 2.06. The monoisotopic (exact) mass is 218 g/mol. The molecule has 0 unspecified atom stereocenters. The maximum absolute atomic E-state index is 13.5. The minimum atomic E-state index is -0.299. The lowest BCUT2D eigenvalue weighted by Gasteiger charge is -2.06. The number of hydrogen-bond acceptors (Lipinski definition) is 2. The summed E-state index contributed by atoms with van der Waals surface area (Å²) in [6.45, 7) is 4.17. The third kappa shape index (κ3) is 2.05. The maximum atomic E-state index is 13.5. The Morgan fingerprint density at radius 3 is 2.75 bits per heavy atom. The van der Waals surface area contributed by atoms with Crippen LogP contribution in [0.1, 0.15) is 17.0 Å². The molecule has 16 heavy (non-hydrogen) atoms. The number of nitrogens with two attached hydrogens (primary N) is 1. The molecule has 1 heterocycles. The number of hydrogen-bond donors (Lipinski definition) is 1. The molecule has 0 aliphatic rings. The number of benzene rings is 1. The van der Waals surface area contributed by atoms with Crippen molar-refractivity contribution in [3.05, 3.63) is 47.0 Å². The molecule has 0 amide bonds. The fourth-order valence-corrected chi connectivity index (χ4v) is 1.61. The minimum absolute atomic E-state index is 0.299. The van der Waals surface area contributed by atoms with E-state index in [1.165, 1.54) is 6.07 Å². The van der Waals surface area contributed by atoms with E-state index in [1.807, 2.05) is 13.8 Å². The van der Waals surface area contributed by atoms with E-state index in [9.17, 15) is 4.39 Å². The molecule has 0 fully saturated rings. The minimum Gasteiger partial charge on any atom is -0.399 e. The van der Waals surface area contributed by atoms with Crippen LogP contribution in [0.2, 0.25) is 0 Å². The molecular weight excluding hydrogens is 205 g/mol. The second kappa shape index (κ2) is 3.96. The van der Waals surface area contributed by atoms with E-state index in [4.69, 9.17) is 5.73 Å². The molecule has 2 rings (SSSR count). The Hall–Kier alpha value is -1.84. The van der Waals surface area contributed by atoms with Crippen molar-refractivity contribution in [2.45, 2.75) is 20.4 Å². The molecule has 2 aromatic rings. The van der Waals surface area contributed by atoms with E-state index < -0.39 is 0 Å². The molecule has 2 N–H and O–H groups in total. The molecule has 3 nitrogen and oxygen atoms in total. The van der Waals surface area contributed by atoms with Crippen LogP contribution >= 0.6 is 0 Å². The van der Waals surface area contributed by atoms with Gasteiger partial charge in [-0.05, 0) is 26.0 Å². The summed E-state index contributed by atoms with van der Waals surface area (Å²) in [5.41, 5.74) is 8.21. The standard InChI is InChI=1S/C12H13FN3/c1-8-5-9(2)16(15-8)7-10-3-4-11(14)6-12(10)13/h3-4,6H,7,14H2,1-2H3. The molecule has 1 aromatic carbocycles. The topological polar surface area (TPSA) is 43.8 Å². The summed E-state index contributed by atoms with van der Waals surface area (Å²) in [5, 5.41) is 4.23. The van der Waals surface area contributed by atoms with Gasteiger partial charge in [-0.3, -0.25) is 4.68 Å². The maximum Gasteiger partial charge on any atom is 0.130 e. The predicted molar refractivity (Wildman–Crippen MR) is 60.5 cm³/mol. The molecule has 0 atom stereocenters. The number of nitrogen functional groups attached to an aromatic ring is 1. The third-order valence-electron chi connectivity index (χ3n) is 2.42. The van der Waals surface area contributed by atoms with Crippen LogP contribution in [-0.2, 0) is 6.54 Å². The van der Waals surface area contributed by atoms with Crippen LogP contribution in [0.3, 0.4) is 0 Å². The van der Waals surface area contributed by atoms with Crippen LogP contribution in [0.15, 0.2) is 18.2 Å². The second-order valence-corrected chi connectivity index (χ2v) is 3.80. The first-order valence-corrected chi connectivity index (χ1v) is 5.03. The van der Waals surface area contributed by atoms with Crippen molar-refractivity contribution >= 4 is 5.69 Å². The van der Waals surface area contributed by atoms with E-state index in [2.05, 4.69) is 11.2 Å². The smallest absolute Gasteiger partial charge is 0.130 e. The second-order valence-electron chi connectivity index (χ2n) is 3.80. The lowest BCUT2D eigenvalue weighted by Crippen LogP contribution is -2.06. The highest BCUT2D eigenvalue weighted by Crippen LogP contribution is 2.14. The SMILES string of the molecule is Cc1[c]c(C)n(Cc2ccc(N)cc2F)n1. The number of anilines is 1. The lowest BCUT2D eigenvalue weighted by atomic mass is 10.2. The number of halogens is 1. The normalized spacial score (nSPS) is 10.7. The van der Waals surface area contributed by atoms with E-state index in [1.54, 1.807) is 16.8 Å². The Kier molecular flexibility index (Phi) is 2.64. The lowest BCUT2D eigenvalue weighted by molar-refractivity contribution is 0.579. The van der Waals surface area contributed by atoms with Crippen LogP contribution in [0, 0.1) is 25.7 Å².